The summed E-state index contributed by atoms with van der Waals surface area (Å²) in [6.45, 7) is 4.63. The molecule has 2 amide bonds. The Morgan fingerprint density at radius 2 is 1.82 bits per heavy atom. The van der Waals surface area contributed by atoms with E-state index in [1.54, 1.807) is 24.1 Å². The third kappa shape index (κ3) is 8.80. The average Bonchev–Trinajstić information content (AvgIpc) is 2.88. The summed E-state index contributed by atoms with van der Waals surface area (Å²) in [5.74, 6) is 0.628. The second-order valence-electron chi connectivity index (χ2n) is 8.85. The highest BCUT2D eigenvalue weighted by Crippen LogP contribution is 2.30. The first-order valence-corrected chi connectivity index (χ1v) is 14.8. The molecule has 0 aliphatic heterocycles. The van der Waals surface area contributed by atoms with E-state index in [9.17, 15) is 18.0 Å². The zero-order valence-corrected chi connectivity index (χ0v) is 24.3. The van der Waals surface area contributed by atoms with Crippen LogP contribution in [0, 0.1) is 0 Å². The number of hydrogen-bond donors (Lipinski definition) is 1. The first kappa shape index (κ1) is 31.2. The molecule has 210 valence electrons. The molecule has 0 aliphatic rings. The number of amides is 2. The molecule has 0 saturated heterocycles. The highest BCUT2D eigenvalue weighted by atomic mass is 35.5. The van der Waals surface area contributed by atoms with Gasteiger partial charge in [0.25, 0.3) is 0 Å². The Labute approximate surface area is 231 Å². The van der Waals surface area contributed by atoms with Crippen LogP contribution in [-0.4, -0.2) is 64.7 Å². The van der Waals surface area contributed by atoms with Crippen molar-refractivity contribution >= 4 is 39.1 Å². The maximum absolute atomic E-state index is 13.5. The van der Waals surface area contributed by atoms with E-state index >= 15 is 0 Å². The van der Waals surface area contributed by atoms with Crippen LogP contribution in [0.4, 0.5) is 5.69 Å². The Balaban J connectivity index is 2.24. The molecule has 1 N–H and O–H groups in total. The Hall–Kier alpha value is -2.98. The molecule has 11 heteroatoms. The molecule has 0 aliphatic carbocycles. The Morgan fingerprint density at radius 1 is 1.08 bits per heavy atom. The Kier molecular flexibility index (Phi) is 12.2. The third-order valence-electron chi connectivity index (χ3n) is 6.00. The van der Waals surface area contributed by atoms with E-state index in [2.05, 4.69) is 5.32 Å². The van der Waals surface area contributed by atoms with Gasteiger partial charge in [-0.2, -0.15) is 0 Å². The highest BCUT2D eigenvalue weighted by molar-refractivity contribution is 7.92. The van der Waals surface area contributed by atoms with Crippen LogP contribution in [0.25, 0.3) is 0 Å². The molecule has 2 aromatic rings. The number of methoxy groups -OCH3 is 2. The predicted octanol–water partition coefficient (Wildman–Crippen LogP) is 4.24. The van der Waals surface area contributed by atoms with Gasteiger partial charge in [-0.05, 0) is 55.2 Å². The molecule has 9 nitrogen and oxygen atoms in total. The summed E-state index contributed by atoms with van der Waals surface area (Å²) in [6.07, 6.45) is 2.62. The van der Waals surface area contributed by atoms with Crippen LogP contribution in [0.15, 0.2) is 42.5 Å². The van der Waals surface area contributed by atoms with Crippen molar-refractivity contribution in [3.8, 4) is 11.5 Å². The summed E-state index contributed by atoms with van der Waals surface area (Å²) in [7, 11) is -0.598. The van der Waals surface area contributed by atoms with Gasteiger partial charge in [-0.25, -0.2) is 8.42 Å². The van der Waals surface area contributed by atoms with Gasteiger partial charge in [-0.1, -0.05) is 37.6 Å². The lowest BCUT2D eigenvalue weighted by Gasteiger charge is -2.31. The molecule has 0 fully saturated rings. The predicted molar refractivity (Wildman–Crippen MR) is 150 cm³/mol. The molecule has 2 rings (SSSR count). The molecule has 2 aromatic carbocycles. The van der Waals surface area contributed by atoms with Gasteiger partial charge >= 0.3 is 0 Å². The molecule has 0 aromatic heterocycles. The van der Waals surface area contributed by atoms with Gasteiger partial charge in [0.2, 0.25) is 21.8 Å². The van der Waals surface area contributed by atoms with Crippen molar-refractivity contribution in [1.29, 1.82) is 0 Å². The molecule has 38 heavy (non-hydrogen) atoms. The van der Waals surface area contributed by atoms with Crippen molar-refractivity contribution < 1.29 is 27.5 Å². The fourth-order valence-corrected chi connectivity index (χ4v) is 5.28. The van der Waals surface area contributed by atoms with E-state index < -0.39 is 16.1 Å². The molecule has 1 atom stereocenters. The topological polar surface area (TPSA) is 105 Å². The van der Waals surface area contributed by atoms with Gasteiger partial charge in [-0.15, -0.1) is 0 Å². The Bertz CT molecular complexity index is 1190. The molecule has 0 radical (unpaired) electrons. The number of carbonyl (C=O) groups excluding carboxylic acids is 2. The van der Waals surface area contributed by atoms with Crippen LogP contribution in [0.2, 0.25) is 5.02 Å². The van der Waals surface area contributed by atoms with Crippen LogP contribution in [0.1, 0.15) is 45.1 Å². The van der Waals surface area contributed by atoms with Crippen LogP contribution < -0.4 is 19.1 Å². The molecule has 0 spiro atoms. The maximum atomic E-state index is 13.5. The Morgan fingerprint density at radius 3 is 2.39 bits per heavy atom. The lowest BCUT2D eigenvalue weighted by atomic mass is 10.1. The summed E-state index contributed by atoms with van der Waals surface area (Å²) in [5.41, 5.74) is 1.20. The summed E-state index contributed by atoms with van der Waals surface area (Å²) < 4.78 is 36.8. The van der Waals surface area contributed by atoms with Gasteiger partial charge in [0.05, 0.1) is 31.2 Å². The van der Waals surface area contributed by atoms with E-state index in [1.165, 1.54) is 17.5 Å². The van der Waals surface area contributed by atoms with Crippen LogP contribution >= 0.6 is 11.6 Å². The van der Waals surface area contributed by atoms with Crippen molar-refractivity contribution in [2.24, 2.45) is 0 Å². The van der Waals surface area contributed by atoms with Crippen LogP contribution in [0.5, 0.6) is 11.5 Å². The van der Waals surface area contributed by atoms with Gasteiger partial charge in [0.15, 0.2) is 0 Å². The number of ether oxygens (including phenoxy) is 2. The minimum atomic E-state index is -3.64. The van der Waals surface area contributed by atoms with Crippen molar-refractivity contribution in [1.82, 2.24) is 10.2 Å². The molecule has 0 bridgehead atoms. The second-order valence-corrected chi connectivity index (χ2v) is 11.2. The van der Waals surface area contributed by atoms with Crippen LogP contribution in [0.3, 0.4) is 0 Å². The standard InChI is InChI=1S/C27H38ClN3O6S/c1-6-15-29-27(33)24(7-2)30(19-20-10-8-11-22(17-20)36-3)26(32)12-9-16-31(38(5,34)35)21-13-14-25(37-4)23(28)18-21/h8,10-11,13-14,17-18,24H,6-7,9,12,15-16,19H2,1-5H3,(H,29,33)/t24-/m0/s1. The number of halogens is 1. The van der Waals surface area contributed by atoms with E-state index in [1.807, 2.05) is 38.1 Å². The van der Waals surface area contributed by atoms with E-state index in [4.69, 9.17) is 21.1 Å². The SMILES string of the molecule is CCCNC(=O)[C@H](CC)N(Cc1cccc(OC)c1)C(=O)CCCN(c1ccc(OC)c(Cl)c1)S(C)(=O)=O. The zero-order valence-electron chi connectivity index (χ0n) is 22.7. The second kappa shape index (κ2) is 14.8. The van der Waals surface area contributed by atoms with E-state index in [0.717, 1.165) is 18.2 Å². The lowest BCUT2D eigenvalue weighted by molar-refractivity contribution is -0.141. The quantitative estimate of drug-likeness (QED) is 0.345. The van der Waals surface area contributed by atoms with E-state index in [0.29, 0.717) is 30.2 Å². The number of hydrogen-bond acceptors (Lipinski definition) is 6. The van der Waals surface area contributed by atoms with Gasteiger partial charge < -0.3 is 19.7 Å². The maximum Gasteiger partial charge on any atom is 0.242 e. The highest BCUT2D eigenvalue weighted by Gasteiger charge is 2.29. The molecule has 0 heterocycles. The summed E-state index contributed by atoms with van der Waals surface area (Å²) in [4.78, 5) is 28.0. The van der Waals surface area contributed by atoms with Crippen molar-refractivity contribution in [2.45, 2.75) is 52.1 Å². The van der Waals surface area contributed by atoms with Crippen molar-refractivity contribution in [3.63, 3.8) is 0 Å². The van der Waals surface area contributed by atoms with Gasteiger partial charge in [0, 0.05) is 26.1 Å². The number of benzene rings is 2. The fourth-order valence-electron chi connectivity index (χ4n) is 4.07. The summed E-state index contributed by atoms with van der Waals surface area (Å²) in [5, 5.41) is 3.17. The van der Waals surface area contributed by atoms with Crippen molar-refractivity contribution in [2.75, 3.05) is 37.9 Å². The monoisotopic (exact) mass is 567 g/mol. The molecular weight excluding hydrogens is 530 g/mol. The van der Waals surface area contributed by atoms with Gasteiger partial charge in [0.1, 0.15) is 17.5 Å². The summed E-state index contributed by atoms with van der Waals surface area (Å²) in [6, 6.07) is 11.4. The normalized spacial score (nSPS) is 11.9. The number of carbonyl (C=O) groups is 2. The minimum absolute atomic E-state index is 0.0530. The number of sulfonamides is 1. The van der Waals surface area contributed by atoms with Gasteiger partial charge in [-0.3, -0.25) is 13.9 Å². The average molecular weight is 568 g/mol. The first-order valence-electron chi connectivity index (χ1n) is 12.6. The molecule has 0 unspecified atom stereocenters. The number of anilines is 1. The van der Waals surface area contributed by atoms with Crippen molar-refractivity contribution in [3.05, 3.63) is 53.1 Å². The largest absolute Gasteiger partial charge is 0.497 e. The van der Waals surface area contributed by atoms with E-state index in [-0.39, 0.29) is 42.8 Å². The smallest absolute Gasteiger partial charge is 0.242 e. The number of nitrogens with one attached hydrogen (secondary N) is 1. The summed E-state index contributed by atoms with van der Waals surface area (Å²) >= 11 is 6.21. The zero-order chi connectivity index (χ0) is 28.3. The third-order valence-corrected chi connectivity index (χ3v) is 7.49. The minimum Gasteiger partial charge on any atom is -0.497 e. The number of rotatable bonds is 15. The fraction of sp³-hybridized carbons (Fsp3) is 0.481. The first-order chi connectivity index (χ1) is 18.0. The molecule has 0 saturated carbocycles. The number of nitrogens with zero attached hydrogens (tertiary/aromatic N) is 2. The van der Waals surface area contributed by atoms with Crippen LogP contribution in [-0.2, 0) is 26.2 Å². The molecular formula is C27H38ClN3O6S. The lowest BCUT2D eigenvalue weighted by Crippen LogP contribution is -2.49.